The molecule has 0 saturated carbocycles. The van der Waals surface area contributed by atoms with Crippen LogP contribution < -0.4 is 35.6 Å². The van der Waals surface area contributed by atoms with E-state index in [4.69, 9.17) is 18.6 Å². The zero-order valence-electron chi connectivity index (χ0n) is 22.7. The van der Waals surface area contributed by atoms with Gasteiger partial charge in [-0.1, -0.05) is 6.07 Å². The van der Waals surface area contributed by atoms with Gasteiger partial charge in [-0.2, -0.15) is 0 Å². The lowest BCUT2D eigenvalue weighted by Crippen LogP contribution is -2.38. The number of ether oxygens (including phenoxy) is 3. The number of anilines is 1. The highest BCUT2D eigenvalue weighted by Crippen LogP contribution is 2.50. The molecule has 4 rings (SSSR count). The quantitative estimate of drug-likeness (QED) is 0.379. The Kier molecular flexibility index (Phi) is 8.43. The molecule has 3 N–H and O–H groups in total. The van der Waals surface area contributed by atoms with Crippen LogP contribution >= 0.6 is 0 Å². The minimum absolute atomic E-state index is 0.210. The minimum Gasteiger partial charge on any atom is -0.493 e. The van der Waals surface area contributed by atoms with Crippen LogP contribution in [-0.2, 0) is 22.6 Å². The van der Waals surface area contributed by atoms with Gasteiger partial charge in [0, 0.05) is 12.5 Å². The lowest BCUT2D eigenvalue weighted by Gasteiger charge is -2.19. The van der Waals surface area contributed by atoms with Gasteiger partial charge in [-0.3, -0.25) is 14.4 Å². The van der Waals surface area contributed by atoms with Gasteiger partial charge in [0.2, 0.25) is 23.0 Å². The highest BCUT2D eigenvalue weighted by atomic mass is 16.5. The van der Waals surface area contributed by atoms with Crippen LogP contribution in [0.4, 0.5) is 5.69 Å². The van der Waals surface area contributed by atoms with Gasteiger partial charge in [-0.05, 0) is 66.8 Å². The molecule has 0 radical (unpaired) electrons. The van der Waals surface area contributed by atoms with Gasteiger partial charge in [0.05, 0.1) is 45.9 Å². The highest BCUT2D eigenvalue weighted by Gasteiger charge is 2.29. The predicted octanol–water partition coefficient (Wildman–Crippen LogP) is 3.57. The molecular weight excluding hydrogens is 502 g/mol. The zero-order valence-corrected chi connectivity index (χ0v) is 22.7. The first-order valence-electron chi connectivity index (χ1n) is 12.6. The SMILES string of the molecule is COc1cc2c(c(OC)c1OC)-c1ccc(NC(C)C(=O)NCc3ccco3)c(=O)cc1C(NC(C)=O)CC2. The van der Waals surface area contributed by atoms with Crippen molar-refractivity contribution in [1.29, 1.82) is 0 Å². The van der Waals surface area contributed by atoms with Gasteiger partial charge in [0.15, 0.2) is 11.5 Å². The molecule has 10 heteroatoms. The largest absolute Gasteiger partial charge is 0.493 e. The summed E-state index contributed by atoms with van der Waals surface area (Å²) in [5.74, 6) is 1.54. The summed E-state index contributed by atoms with van der Waals surface area (Å²) < 4.78 is 22.2. The third kappa shape index (κ3) is 5.84. The van der Waals surface area contributed by atoms with Gasteiger partial charge in [-0.25, -0.2) is 0 Å². The number of aryl methyl sites for hydroxylation is 1. The Morgan fingerprint density at radius 1 is 1.08 bits per heavy atom. The molecular formula is C29H33N3O7. The number of carbonyl (C=O) groups is 2. The molecule has 2 amide bonds. The van der Waals surface area contributed by atoms with E-state index in [9.17, 15) is 14.4 Å². The lowest BCUT2D eigenvalue weighted by atomic mass is 9.95. The normalized spacial score (nSPS) is 14.6. The highest BCUT2D eigenvalue weighted by molar-refractivity contribution is 5.85. The molecule has 1 aliphatic rings. The van der Waals surface area contributed by atoms with Crippen molar-refractivity contribution in [3.05, 3.63) is 69.8 Å². The summed E-state index contributed by atoms with van der Waals surface area (Å²) in [6, 6.07) is 9.24. The molecule has 206 valence electrons. The fourth-order valence-corrected chi connectivity index (χ4v) is 4.87. The number of furan rings is 1. The average Bonchev–Trinajstić information content (AvgIpc) is 3.34. The fourth-order valence-electron chi connectivity index (χ4n) is 4.87. The van der Waals surface area contributed by atoms with E-state index >= 15 is 0 Å². The summed E-state index contributed by atoms with van der Waals surface area (Å²) in [4.78, 5) is 38.2. The minimum atomic E-state index is -0.702. The van der Waals surface area contributed by atoms with Crippen LogP contribution in [0.3, 0.4) is 0 Å². The van der Waals surface area contributed by atoms with Crippen molar-refractivity contribution in [1.82, 2.24) is 10.6 Å². The van der Waals surface area contributed by atoms with Crippen molar-refractivity contribution in [3.63, 3.8) is 0 Å². The molecule has 2 unspecified atom stereocenters. The molecule has 1 aliphatic carbocycles. The van der Waals surface area contributed by atoms with Crippen molar-refractivity contribution in [3.8, 4) is 28.4 Å². The second kappa shape index (κ2) is 11.9. The topological polar surface area (TPSA) is 128 Å². The lowest BCUT2D eigenvalue weighted by molar-refractivity contribution is -0.122. The Morgan fingerprint density at radius 2 is 1.85 bits per heavy atom. The Hall–Kier alpha value is -4.47. The monoisotopic (exact) mass is 535 g/mol. The summed E-state index contributed by atoms with van der Waals surface area (Å²) in [6.45, 7) is 3.35. The Bertz CT molecular complexity index is 1420. The van der Waals surface area contributed by atoms with Crippen LogP contribution in [0.1, 0.15) is 43.2 Å². The number of nitrogens with one attached hydrogen (secondary N) is 3. The number of hydrogen-bond donors (Lipinski definition) is 3. The van der Waals surface area contributed by atoms with Crippen molar-refractivity contribution in [2.45, 2.75) is 45.3 Å². The molecule has 0 spiro atoms. The van der Waals surface area contributed by atoms with Crippen molar-refractivity contribution in [2.24, 2.45) is 0 Å². The third-order valence-corrected chi connectivity index (χ3v) is 6.70. The van der Waals surface area contributed by atoms with Crippen LogP contribution in [0.5, 0.6) is 17.2 Å². The molecule has 3 aromatic rings. The van der Waals surface area contributed by atoms with Gasteiger partial charge in [0.25, 0.3) is 0 Å². The molecule has 2 atom stereocenters. The maximum Gasteiger partial charge on any atom is 0.242 e. The molecule has 10 nitrogen and oxygen atoms in total. The van der Waals surface area contributed by atoms with E-state index in [1.165, 1.54) is 26.4 Å². The summed E-state index contributed by atoms with van der Waals surface area (Å²) in [5, 5.41) is 8.80. The molecule has 39 heavy (non-hydrogen) atoms. The van der Waals surface area contributed by atoms with E-state index in [1.807, 2.05) is 6.07 Å². The summed E-state index contributed by atoms with van der Waals surface area (Å²) in [7, 11) is 4.64. The molecule has 1 aromatic heterocycles. The van der Waals surface area contributed by atoms with Crippen molar-refractivity contribution < 1.29 is 28.2 Å². The smallest absolute Gasteiger partial charge is 0.242 e. The molecule has 0 saturated heterocycles. The van der Waals surface area contributed by atoms with E-state index in [2.05, 4.69) is 16.0 Å². The van der Waals surface area contributed by atoms with Crippen molar-refractivity contribution >= 4 is 17.5 Å². The third-order valence-electron chi connectivity index (χ3n) is 6.70. The second-order valence-electron chi connectivity index (χ2n) is 9.26. The van der Waals surface area contributed by atoms with Crippen LogP contribution in [0, 0.1) is 0 Å². The Labute approximate surface area is 226 Å². The maximum absolute atomic E-state index is 13.4. The average molecular weight is 536 g/mol. The van der Waals surface area contributed by atoms with Gasteiger partial charge >= 0.3 is 0 Å². The van der Waals surface area contributed by atoms with E-state index in [-0.39, 0.29) is 29.5 Å². The van der Waals surface area contributed by atoms with E-state index in [0.717, 1.165) is 11.1 Å². The predicted molar refractivity (Wildman–Crippen MR) is 146 cm³/mol. The Morgan fingerprint density at radius 3 is 2.49 bits per heavy atom. The summed E-state index contributed by atoms with van der Waals surface area (Å²) in [5.41, 5.74) is 2.95. The molecule has 0 aliphatic heterocycles. The first-order valence-corrected chi connectivity index (χ1v) is 12.6. The van der Waals surface area contributed by atoms with Crippen LogP contribution in [0.25, 0.3) is 11.1 Å². The number of benzene rings is 1. The first kappa shape index (κ1) is 27.6. The van der Waals surface area contributed by atoms with Crippen molar-refractivity contribution in [2.75, 3.05) is 26.6 Å². The number of amides is 2. The second-order valence-corrected chi connectivity index (χ2v) is 9.26. The van der Waals surface area contributed by atoms with E-state index in [0.29, 0.717) is 47.0 Å². The molecule has 0 bridgehead atoms. The van der Waals surface area contributed by atoms with Crippen LogP contribution in [0.2, 0.25) is 0 Å². The van der Waals surface area contributed by atoms with Gasteiger partial charge < -0.3 is 34.6 Å². The van der Waals surface area contributed by atoms with E-state index < -0.39 is 12.1 Å². The van der Waals surface area contributed by atoms with Crippen LogP contribution in [0.15, 0.2) is 51.9 Å². The maximum atomic E-state index is 13.4. The molecule has 2 aromatic carbocycles. The standard InChI is InChI=1S/C29H33N3O7/c1-16(29(35)30-15-19-7-6-12-39-19)31-23-11-9-20-21(14-24(23)34)22(32-17(2)33)10-8-18-13-25(36-3)27(37-4)28(38-5)26(18)20/h6-7,9,11-14,16,22H,8,10,15H2,1-5H3,(H,30,35)(H,31,34)(H,32,33). The van der Waals surface area contributed by atoms with Gasteiger partial charge in [0.1, 0.15) is 11.8 Å². The number of methoxy groups -OCH3 is 3. The molecule has 1 heterocycles. The fraction of sp³-hybridized carbons (Fsp3) is 0.345. The number of rotatable bonds is 9. The number of hydrogen-bond acceptors (Lipinski definition) is 8. The first-order chi connectivity index (χ1) is 18.8. The molecule has 0 fully saturated rings. The zero-order chi connectivity index (χ0) is 28.1. The van der Waals surface area contributed by atoms with Gasteiger partial charge in [-0.15, -0.1) is 0 Å². The Balaban J connectivity index is 1.78. The number of fused-ring (bicyclic) bond motifs is 3. The summed E-state index contributed by atoms with van der Waals surface area (Å²) in [6.07, 6.45) is 2.69. The summed E-state index contributed by atoms with van der Waals surface area (Å²) >= 11 is 0. The number of carbonyl (C=O) groups excluding carboxylic acids is 2. The van der Waals surface area contributed by atoms with Crippen LogP contribution in [-0.4, -0.2) is 39.2 Å². The van der Waals surface area contributed by atoms with E-state index in [1.54, 1.807) is 45.4 Å².